The van der Waals surface area contributed by atoms with Crippen molar-refractivity contribution in [3.8, 4) is 0 Å². The van der Waals surface area contributed by atoms with Crippen molar-refractivity contribution in [2.45, 2.75) is 13.3 Å². The molecule has 4 heteroatoms. The van der Waals surface area contributed by atoms with E-state index in [0.717, 1.165) is 23.4 Å². The zero-order chi connectivity index (χ0) is 15.9. The predicted molar refractivity (Wildman–Crippen MR) is 94.1 cm³/mol. The first-order valence-electron chi connectivity index (χ1n) is 7.23. The van der Waals surface area contributed by atoms with Gasteiger partial charge in [-0.15, -0.1) is 0 Å². The summed E-state index contributed by atoms with van der Waals surface area (Å²) in [6.07, 6.45) is 0.729. The molecule has 0 N–H and O–H groups in total. The van der Waals surface area contributed by atoms with Crippen LogP contribution in [0.2, 0.25) is 5.02 Å². The van der Waals surface area contributed by atoms with Gasteiger partial charge in [-0.2, -0.15) is 5.10 Å². The van der Waals surface area contributed by atoms with E-state index in [1.165, 1.54) is 5.56 Å². The van der Waals surface area contributed by atoms with E-state index < -0.39 is 0 Å². The van der Waals surface area contributed by atoms with Gasteiger partial charge in [0.1, 0.15) is 0 Å². The van der Waals surface area contributed by atoms with Gasteiger partial charge in [0.15, 0.2) is 0 Å². The molecule has 2 aromatic rings. The number of hydrogen-bond acceptors (Lipinski definition) is 3. The Morgan fingerprint density at radius 3 is 2.64 bits per heavy atom. The minimum Gasteiger partial charge on any atom is -0.384 e. The quantitative estimate of drug-likeness (QED) is 0.578. The molecule has 3 nitrogen and oxygen atoms in total. The van der Waals surface area contributed by atoms with Crippen molar-refractivity contribution in [3.63, 3.8) is 0 Å². The summed E-state index contributed by atoms with van der Waals surface area (Å²) in [4.78, 5) is 0. The Labute approximate surface area is 137 Å². The summed E-state index contributed by atoms with van der Waals surface area (Å²) < 4.78 is 5.20. The predicted octanol–water partition coefficient (Wildman–Crippen LogP) is 4.53. The lowest BCUT2D eigenvalue weighted by molar-refractivity contribution is 0.207. The number of hydrazone groups is 1. The Balaban J connectivity index is 2.31. The summed E-state index contributed by atoms with van der Waals surface area (Å²) in [5.41, 5.74) is 4.23. The van der Waals surface area contributed by atoms with Crippen LogP contribution in [0.15, 0.2) is 53.6 Å². The molecule has 0 aliphatic heterocycles. The van der Waals surface area contributed by atoms with Crippen molar-refractivity contribution in [1.29, 1.82) is 0 Å². The maximum absolute atomic E-state index is 6.10. The lowest BCUT2D eigenvalue weighted by atomic mass is 10.1. The number of nitrogens with zero attached hydrogens (tertiary/aromatic N) is 2. The molecule has 0 bridgehead atoms. The molecule has 22 heavy (non-hydrogen) atoms. The Bertz CT molecular complexity index is 655. The Hall–Kier alpha value is -1.84. The molecule has 0 saturated heterocycles. The van der Waals surface area contributed by atoms with Crippen LogP contribution in [0.4, 0.5) is 5.69 Å². The van der Waals surface area contributed by atoms with Crippen LogP contribution in [0.5, 0.6) is 0 Å². The fraction of sp³-hybridized carbons (Fsp3) is 0.278. The summed E-state index contributed by atoms with van der Waals surface area (Å²) in [6, 6.07) is 16.0. The van der Waals surface area contributed by atoms with Crippen molar-refractivity contribution < 1.29 is 4.74 Å². The van der Waals surface area contributed by atoms with Crippen LogP contribution in [0, 0.1) is 6.92 Å². The Kier molecular flexibility index (Phi) is 5.99. The topological polar surface area (TPSA) is 24.8 Å². The van der Waals surface area contributed by atoms with E-state index in [4.69, 9.17) is 21.4 Å². The highest BCUT2D eigenvalue weighted by atomic mass is 35.5. The molecule has 0 amide bonds. The highest BCUT2D eigenvalue weighted by molar-refractivity contribution is 6.31. The summed E-state index contributed by atoms with van der Waals surface area (Å²) in [6.45, 7) is 2.69. The fourth-order valence-electron chi connectivity index (χ4n) is 2.19. The lowest BCUT2D eigenvalue weighted by Crippen LogP contribution is -2.15. The molecule has 0 unspecified atom stereocenters. The molecule has 0 fully saturated rings. The van der Waals surface area contributed by atoms with E-state index in [-0.39, 0.29) is 0 Å². The third kappa shape index (κ3) is 4.58. The molecule has 0 saturated carbocycles. The maximum atomic E-state index is 6.10. The highest BCUT2D eigenvalue weighted by Gasteiger charge is 2.07. The van der Waals surface area contributed by atoms with Gasteiger partial charge >= 0.3 is 0 Å². The van der Waals surface area contributed by atoms with Gasteiger partial charge in [-0.05, 0) is 42.3 Å². The van der Waals surface area contributed by atoms with Crippen LogP contribution in [-0.2, 0) is 4.74 Å². The van der Waals surface area contributed by atoms with Gasteiger partial charge in [0.05, 0.1) is 18.0 Å². The van der Waals surface area contributed by atoms with E-state index in [2.05, 4.69) is 19.1 Å². The molecule has 0 heterocycles. The number of benzene rings is 2. The molecule has 0 aliphatic rings. The molecule has 0 atom stereocenters. The van der Waals surface area contributed by atoms with Gasteiger partial charge in [-0.1, -0.05) is 35.9 Å². The average molecular weight is 317 g/mol. The highest BCUT2D eigenvalue weighted by Crippen LogP contribution is 2.18. The zero-order valence-corrected chi connectivity index (χ0v) is 14.0. The SMILES string of the molecule is COCCC(=NN(C)c1cccc(C)c1)c1cccc(Cl)c1. The Morgan fingerprint density at radius 1 is 1.18 bits per heavy atom. The van der Waals surface area contributed by atoms with Gasteiger partial charge < -0.3 is 4.74 Å². The molecule has 116 valence electrons. The molecular formula is C18H21ClN2O. The van der Waals surface area contributed by atoms with Crippen molar-refractivity contribution >= 4 is 23.0 Å². The van der Waals surface area contributed by atoms with Crippen molar-refractivity contribution in [1.82, 2.24) is 0 Å². The molecule has 0 aromatic heterocycles. The maximum Gasteiger partial charge on any atom is 0.0705 e. The van der Waals surface area contributed by atoms with E-state index in [0.29, 0.717) is 11.6 Å². The van der Waals surface area contributed by atoms with E-state index in [1.54, 1.807) is 7.11 Å². The normalized spacial score (nSPS) is 11.5. The molecule has 0 aliphatic carbocycles. The minimum atomic E-state index is 0.618. The average Bonchev–Trinajstić information content (AvgIpc) is 2.51. The summed E-state index contributed by atoms with van der Waals surface area (Å²) in [5.74, 6) is 0. The molecule has 2 aromatic carbocycles. The Morgan fingerprint density at radius 2 is 1.95 bits per heavy atom. The first-order valence-corrected chi connectivity index (χ1v) is 7.60. The second-order valence-electron chi connectivity index (χ2n) is 5.16. The van der Waals surface area contributed by atoms with Gasteiger partial charge in [-0.25, -0.2) is 0 Å². The minimum absolute atomic E-state index is 0.618. The number of halogens is 1. The fourth-order valence-corrected chi connectivity index (χ4v) is 2.38. The van der Waals surface area contributed by atoms with Crippen LogP contribution < -0.4 is 5.01 Å². The summed E-state index contributed by atoms with van der Waals surface area (Å²) in [7, 11) is 3.64. The third-order valence-electron chi connectivity index (χ3n) is 3.35. The zero-order valence-electron chi connectivity index (χ0n) is 13.2. The van der Waals surface area contributed by atoms with Crippen molar-refractivity contribution in [2.75, 3.05) is 25.8 Å². The number of hydrogen-bond donors (Lipinski definition) is 0. The first kappa shape index (κ1) is 16.5. The molecule has 2 rings (SSSR count). The number of aryl methyl sites for hydroxylation is 1. The third-order valence-corrected chi connectivity index (χ3v) is 3.58. The monoisotopic (exact) mass is 316 g/mol. The molecular weight excluding hydrogens is 296 g/mol. The van der Waals surface area contributed by atoms with Crippen molar-refractivity contribution in [3.05, 3.63) is 64.7 Å². The van der Waals surface area contributed by atoms with Gasteiger partial charge in [0, 0.05) is 25.6 Å². The van der Waals surface area contributed by atoms with Gasteiger partial charge in [0.25, 0.3) is 0 Å². The smallest absolute Gasteiger partial charge is 0.0705 e. The van der Waals surface area contributed by atoms with Crippen LogP contribution in [0.1, 0.15) is 17.5 Å². The van der Waals surface area contributed by atoms with E-state index in [1.807, 2.05) is 48.5 Å². The summed E-state index contributed by atoms with van der Waals surface area (Å²) in [5, 5.41) is 7.34. The van der Waals surface area contributed by atoms with Crippen molar-refractivity contribution in [2.24, 2.45) is 5.10 Å². The van der Waals surface area contributed by atoms with E-state index in [9.17, 15) is 0 Å². The summed E-state index contributed by atoms with van der Waals surface area (Å²) >= 11 is 6.10. The molecule has 0 radical (unpaired) electrons. The second-order valence-corrected chi connectivity index (χ2v) is 5.60. The standard InChI is InChI=1S/C18H21ClN2O/c1-14-6-4-9-17(12-14)21(2)20-18(10-11-22-3)15-7-5-8-16(19)13-15/h4-9,12-13H,10-11H2,1-3H3. The number of methoxy groups -OCH3 is 1. The number of anilines is 1. The van der Waals surface area contributed by atoms with Crippen LogP contribution in [-0.4, -0.2) is 26.5 Å². The van der Waals surface area contributed by atoms with Crippen LogP contribution in [0.25, 0.3) is 0 Å². The number of rotatable bonds is 6. The van der Waals surface area contributed by atoms with Gasteiger partial charge in [0.2, 0.25) is 0 Å². The largest absolute Gasteiger partial charge is 0.384 e. The first-order chi connectivity index (χ1) is 10.6. The second kappa shape index (κ2) is 7.97. The van der Waals surface area contributed by atoms with E-state index >= 15 is 0 Å². The van der Waals surface area contributed by atoms with Crippen LogP contribution >= 0.6 is 11.6 Å². The van der Waals surface area contributed by atoms with Gasteiger partial charge in [-0.3, -0.25) is 5.01 Å². The van der Waals surface area contributed by atoms with Crippen LogP contribution in [0.3, 0.4) is 0 Å². The number of ether oxygens (including phenoxy) is 1. The molecule has 0 spiro atoms. The lowest BCUT2D eigenvalue weighted by Gasteiger charge is -2.17.